The molecule has 0 aromatic carbocycles. The highest BCUT2D eigenvalue weighted by Gasteiger charge is 2.37. The van der Waals surface area contributed by atoms with E-state index in [9.17, 15) is 13.2 Å². The van der Waals surface area contributed by atoms with Crippen LogP contribution < -0.4 is 0 Å². The Morgan fingerprint density at radius 3 is 2.38 bits per heavy atom. The van der Waals surface area contributed by atoms with Crippen LogP contribution in [-0.2, 0) is 0 Å². The molecule has 0 aromatic rings. The lowest BCUT2D eigenvalue weighted by molar-refractivity contribution is -0.0955. The zero-order valence-electron chi connectivity index (χ0n) is 6.95. The monoisotopic (exact) mass is 208 g/mol. The smallest absolute Gasteiger partial charge is 0.166 e. The Morgan fingerprint density at radius 2 is 2.08 bits per heavy atom. The summed E-state index contributed by atoms with van der Waals surface area (Å²) in [4.78, 5) is 0. The Labute approximate surface area is 79.4 Å². The highest BCUT2D eigenvalue weighted by atomic mass is 35.5. The Morgan fingerprint density at radius 1 is 1.54 bits per heavy atom. The third kappa shape index (κ3) is 2.15. The van der Waals surface area contributed by atoms with Crippen LogP contribution in [0.5, 0.6) is 0 Å². The van der Waals surface area contributed by atoms with Gasteiger partial charge in [0.05, 0.1) is 0 Å². The zero-order valence-corrected chi connectivity index (χ0v) is 7.71. The van der Waals surface area contributed by atoms with E-state index in [0.29, 0.717) is 10.6 Å². The molecular weight excluding hydrogens is 201 g/mol. The maximum absolute atomic E-state index is 12.2. The van der Waals surface area contributed by atoms with Gasteiger partial charge in [-0.25, -0.2) is 0 Å². The molecular formula is C9H8ClF3. The Kier molecular flexibility index (Phi) is 2.57. The number of halogens is 4. The van der Waals surface area contributed by atoms with Crippen molar-refractivity contribution < 1.29 is 13.2 Å². The van der Waals surface area contributed by atoms with E-state index in [2.05, 4.69) is 6.58 Å². The predicted molar refractivity (Wildman–Crippen MR) is 46.4 cm³/mol. The van der Waals surface area contributed by atoms with Crippen LogP contribution in [0.15, 0.2) is 34.9 Å². The third-order valence-corrected chi connectivity index (χ3v) is 2.16. The molecule has 0 aromatic heterocycles. The second kappa shape index (κ2) is 3.22. The lowest BCUT2D eigenvalue weighted by Crippen LogP contribution is -2.17. The summed E-state index contributed by atoms with van der Waals surface area (Å²) in [5.74, 6) is -0.785. The van der Waals surface area contributed by atoms with Crippen molar-refractivity contribution in [3.8, 4) is 0 Å². The molecule has 0 aliphatic heterocycles. The standard InChI is InChI=1S/C9H8ClF3/c1-5-3-7(10)4-8(5)6(2)9(11,12)13/h3-4,8H,2H2,1H3. The van der Waals surface area contributed by atoms with Gasteiger partial charge < -0.3 is 0 Å². The van der Waals surface area contributed by atoms with Gasteiger partial charge in [0.1, 0.15) is 0 Å². The number of hydrogen-bond donors (Lipinski definition) is 0. The maximum atomic E-state index is 12.2. The van der Waals surface area contributed by atoms with E-state index in [1.54, 1.807) is 6.92 Å². The van der Waals surface area contributed by atoms with Crippen LogP contribution >= 0.6 is 11.6 Å². The minimum absolute atomic E-state index is 0.341. The van der Waals surface area contributed by atoms with Crippen molar-refractivity contribution in [2.75, 3.05) is 0 Å². The normalized spacial score (nSPS) is 22.7. The van der Waals surface area contributed by atoms with Crippen molar-refractivity contribution in [3.63, 3.8) is 0 Å². The summed E-state index contributed by atoms with van der Waals surface area (Å²) in [6, 6.07) is 0. The fourth-order valence-corrected chi connectivity index (χ4v) is 1.50. The summed E-state index contributed by atoms with van der Waals surface area (Å²) < 4.78 is 36.6. The quantitative estimate of drug-likeness (QED) is 0.575. The first-order valence-corrected chi connectivity index (χ1v) is 4.01. The third-order valence-electron chi connectivity index (χ3n) is 1.92. The second-order valence-corrected chi connectivity index (χ2v) is 3.38. The van der Waals surface area contributed by atoms with Crippen molar-refractivity contribution in [1.29, 1.82) is 0 Å². The maximum Gasteiger partial charge on any atom is 0.413 e. The summed E-state index contributed by atoms with van der Waals surface area (Å²) in [5, 5.41) is 0.341. The number of allylic oxidation sites excluding steroid dienone is 5. The van der Waals surface area contributed by atoms with Gasteiger partial charge in [0.25, 0.3) is 0 Å². The van der Waals surface area contributed by atoms with E-state index in [-0.39, 0.29) is 0 Å². The summed E-state index contributed by atoms with van der Waals surface area (Å²) in [5.41, 5.74) is -0.191. The molecule has 0 radical (unpaired) electrons. The Balaban J connectivity index is 2.88. The highest BCUT2D eigenvalue weighted by Crippen LogP contribution is 2.38. The molecule has 0 spiro atoms. The van der Waals surface area contributed by atoms with E-state index >= 15 is 0 Å². The molecule has 1 unspecified atom stereocenters. The van der Waals surface area contributed by atoms with Crippen molar-refractivity contribution in [2.24, 2.45) is 5.92 Å². The van der Waals surface area contributed by atoms with Crippen LogP contribution in [0.2, 0.25) is 0 Å². The van der Waals surface area contributed by atoms with E-state index in [0.717, 1.165) is 0 Å². The van der Waals surface area contributed by atoms with E-state index in [1.165, 1.54) is 12.2 Å². The van der Waals surface area contributed by atoms with Gasteiger partial charge in [0.2, 0.25) is 0 Å². The van der Waals surface area contributed by atoms with Crippen LogP contribution in [0.3, 0.4) is 0 Å². The summed E-state index contributed by atoms with van der Waals surface area (Å²) >= 11 is 5.57. The van der Waals surface area contributed by atoms with Crippen molar-refractivity contribution in [1.82, 2.24) is 0 Å². The molecule has 0 nitrogen and oxygen atoms in total. The molecule has 1 aliphatic carbocycles. The first-order valence-electron chi connectivity index (χ1n) is 3.64. The van der Waals surface area contributed by atoms with E-state index < -0.39 is 17.7 Å². The minimum Gasteiger partial charge on any atom is -0.166 e. The topological polar surface area (TPSA) is 0 Å². The van der Waals surface area contributed by atoms with Gasteiger partial charge in [-0.2, -0.15) is 13.2 Å². The van der Waals surface area contributed by atoms with Gasteiger partial charge in [0.15, 0.2) is 0 Å². The average Bonchev–Trinajstić information content (AvgIpc) is 2.26. The fourth-order valence-electron chi connectivity index (χ4n) is 1.20. The summed E-state index contributed by atoms with van der Waals surface area (Å²) in [7, 11) is 0. The minimum atomic E-state index is -4.35. The molecule has 0 fully saturated rings. The first-order chi connectivity index (χ1) is 5.82. The van der Waals surface area contributed by atoms with Gasteiger partial charge in [-0.15, -0.1) is 0 Å². The molecule has 0 bridgehead atoms. The lowest BCUT2D eigenvalue weighted by Gasteiger charge is -2.16. The molecule has 1 aliphatic rings. The second-order valence-electron chi connectivity index (χ2n) is 2.94. The predicted octanol–water partition coefficient (Wildman–Crippen LogP) is 3.80. The number of rotatable bonds is 1. The molecule has 0 heterocycles. The van der Waals surface area contributed by atoms with E-state index in [1.807, 2.05) is 0 Å². The first kappa shape index (κ1) is 10.4. The van der Waals surface area contributed by atoms with Crippen LogP contribution in [0, 0.1) is 5.92 Å². The molecule has 0 N–H and O–H groups in total. The SMILES string of the molecule is C=C(C1C=C(Cl)C=C1C)C(F)(F)F. The Hall–Kier alpha value is -0.700. The van der Waals surface area contributed by atoms with Crippen molar-refractivity contribution >= 4 is 11.6 Å². The largest absolute Gasteiger partial charge is 0.413 e. The molecule has 0 saturated heterocycles. The average molecular weight is 209 g/mol. The molecule has 1 rings (SSSR count). The highest BCUT2D eigenvalue weighted by molar-refractivity contribution is 6.31. The molecule has 4 heteroatoms. The van der Waals surface area contributed by atoms with Gasteiger partial charge in [-0.1, -0.05) is 29.8 Å². The van der Waals surface area contributed by atoms with Gasteiger partial charge in [-0.3, -0.25) is 0 Å². The van der Waals surface area contributed by atoms with Gasteiger partial charge in [-0.05, 0) is 13.0 Å². The molecule has 0 amide bonds. The lowest BCUT2D eigenvalue weighted by atomic mass is 9.96. The summed E-state index contributed by atoms with van der Waals surface area (Å²) in [6.45, 7) is 4.63. The number of hydrogen-bond acceptors (Lipinski definition) is 0. The van der Waals surface area contributed by atoms with Crippen LogP contribution in [0.1, 0.15) is 6.92 Å². The van der Waals surface area contributed by atoms with Crippen LogP contribution in [0.25, 0.3) is 0 Å². The van der Waals surface area contributed by atoms with Crippen LogP contribution in [-0.4, -0.2) is 6.18 Å². The number of alkyl halides is 3. The van der Waals surface area contributed by atoms with Crippen molar-refractivity contribution in [2.45, 2.75) is 13.1 Å². The molecule has 13 heavy (non-hydrogen) atoms. The van der Waals surface area contributed by atoms with Crippen LogP contribution in [0.4, 0.5) is 13.2 Å². The summed E-state index contributed by atoms with van der Waals surface area (Å²) in [6.07, 6.45) is -1.48. The molecule has 1 atom stereocenters. The molecule has 72 valence electrons. The van der Waals surface area contributed by atoms with Crippen molar-refractivity contribution in [3.05, 3.63) is 34.9 Å². The Bertz CT molecular complexity index is 296. The molecule has 0 saturated carbocycles. The van der Waals surface area contributed by atoms with Gasteiger partial charge >= 0.3 is 6.18 Å². The fraction of sp³-hybridized carbons (Fsp3) is 0.333. The van der Waals surface area contributed by atoms with Gasteiger partial charge in [0, 0.05) is 16.5 Å². The van der Waals surface area contributed by atoms with E-state index in [4.69, 9.17) is 11.6 Å². The zero-order chi connectivity index (χ0) is 10.2.